The average Bonchev–Trinajstić information content (AvgIpc) is 2.76. The van der Waals surface area contributed by atoms with Crippen molar-refractivity contribution in [2.24, 2.45) is 11.7 Å². The molecule has 1 aromatic rings. The molecular weight excluding hydrogens is 418 g/mol. The van der Waals surface area contributed by atoms with Gasteiger partial charge < -0.3 is 15.8 Å². The molecule has 2 unspecified atom stereocenters. The zero-order valence-corrected chi connectivity index (χ0v) is 20.5. The fraction of sp³-hybridized carbons (Fsp3) is 0.545. The third-order valence-corrected chi connectivity index (χ3v) is 3.67. The van der Waals surface area contributed by atoms with E-state index in [1.165, 1.54) is 7.05 Å². The number of hydrogen-bond donors (Lipinski definition) is 2. The van der Waals surface area contributed by atoms with Gasteiger partial charge in [0, 0.05) is 16.6 Å². The van der Waals surface area contributed by atoms with Gasteiger partial charge in [-0.2, -0.15) is 0 Å². The SMILES string of the molecule is C=C/C=C\CC.CC.CC.CCC(C)C1Oc2ncc(Br)cc2NC1=O.CN. The first-order chi connectivity index (χ1) is 13.5. The first-order valence-electron chi connectivity index (χ1n) is 10.0. The predicted molar refractivity (Wildman–Crippen MR) is 127 cm³/mol. The molecule has 3 N–H and O–H groups in total. The smallest absolute Gasteiger partial charge is 0.265 e. The molecule has 0 saturated heterocycles. The van der Waals surface area contributed by atoms with E-state index in [0.717, 1.165) is 17.3 Å². The summed E-state index contributed by atoms with van der Waals surface area (Å²) in [5.74, 6) is 0.577. The molecule has 1 aliphatic heterocycles. The fourth-order valence-electron chi connectivity index (χ4n) is 1.81. The Hall–Kier alpha value is -1.66. The molecular formula is C22H40BrN3O2. The van der Waals surface area contributed by atoms with Crippen molar-refractivity contribution < 1.29 is 9.53 Å². The van der Waals surface area contributed by atoms with Crippen molar-refractivity contribution in [2.75, 3.05) is 12.4 Å². The minimum atomic E-state index is -0.439. The summed E-state index contributed by atoms with van der Waals surface area (Å²) >= 11 is 3.30. The topological polar surface area (TPSA) is 77.2 Å². The minimum absolute atomic E-state index is 0.0956. The number of nitrogens with two attached hydrogens (primary N) is 1. The molecule has 162 valence electrons. The molecule has 0 fully saturated rings. The lowest BCUT2D eigenvalue weighted by atomic mass is 10.0. The van der Waals surface area contributed by atoms with Gasteiger partial charge in [0.05, 0.1) is 0 Å². The highest BCUT2D eigenvalue weighted by molar-refractivity contribution is 9.10. The van der Waals surface area contributed by atoms with Crippen molar-refractivity contribution >= 4 is 27.5 Å². The molecule has 0 spiro atoms. The van der Waals surface area contributed by atoms with Gasteiger partial charge in [-0.05, 0) is 41.9 Å². The number of ether oxygens (including phenoxy) is 1. The number of carbonyl (C=O) groups is 1. The van der Waals surface area contributed by atoms with Crippen molar-refractivity contribution in [1.82, 2.24) is 4.98 Å². The van der Waals surface area contributed by atoms with E-state index >= 15 is 0 Å². The highest BCUT2D eigenvalue weighted by atomic mass is 79.9. The number of nitrogens with zero attached hydrogens (tertiary/aromatic N) is 1. The van der Waals surface area contributed by atoms with Gasteiger partial charge in [0.15, 0.2) is 6.10 Å². The van der Waals surface area contributed by atoms with E-state index in [-0.39, 0.29) is 11.8 Å². The highest BCUT2D eigenvalue weighted by Crippen LogP contribution is 2.31. The van der Waals surface area contributed by atoms with Crippen molar-refractivity contribution in [2.45, 2.75) is 67.4 Å². The number of anilines is 1. The van der Waals surface area contributed by atoms with Crippen molar-refractivity contribution in [3.63, 3.8) is 0 Å². The number of pyridine rings is 1. The summed E-state index contributed by atoms with van der Waals surface area (Å²) in [4.78, 5) is 15.9. The monoisotopic (exact) mass is 457 g/mol. The Bertz CT molecular complexity index is 549. The fourth-order valence-corrected chi connectivity index (χ4v) is 2.14. The summed E-state index contributed by atoms with van der Waals surface area (Å²) in [5, 5.41) is 2.81. The lowest BCUT2D eigenvalue weighted by Gasteiger charge is -2.28. The molecule has 0 radical (unpaired) electrons. The third kappa shape index (κ3) is 12.7. The van der Waals surface area contributed by atoms with Crippen molar-refractivity contribution in [3.8, 4) is 5.88 Å². The van der Waals surface area contributed by atoms with E-state index in [1.807, 2.05) is 47.6 Å². The number of hydrogen-bond acceptors (Lipinski definition) is 4. The van der Waals surface area contributed by atoms with Crippen molar-refractivity contribution in [3.05, 3.63) is 41.5 Å². The Morgan fingerprint density at radius 1 is 1.32 bits per heavy atom. The Balaban J connectivity index is -0.000000440. The van der Waals surface area contributed by atoms with Gasteiger partial charge >= 0.3 is 0 Å². The molecule has 5 nitrogen and oxygen atoms in total. The third-order valence-electron chi connectivity index (χ3n) is 3.24. The summed E-state index contributed by atoms with van der Waals surface area (Å²) in [5.41, 5.74) is 5.12. The molecule has 0 aromatic carbocycles. The standard InChI is InChI=1S/C11H13BrN2O2.C6H10.2C2H6.CH5N/c1-3-6(2)9-10(15)14-8-4-7(12)5-13-11(8)16-9;1-3-5-6-4-2;3*1-2/h4-6,9H,3H2,1-2H3,(H,14,15);3,5-6H,1,4H2,2H3;2*1-2H3;2H2,1H3/b;6-5-;;;. The van der Waals surface area contributed by atoms with Gasteiger partial charge in [-0.25, -0.2) is 4.98 Å². The van der Waals surface area contributed by atoms with Crippen LogP contribution >= 0.6 is 15.9 Å². The number of fused-ring (bicyclic) bond motifs is 1. The summed E-state index contributed by atoms with van der Waals surface area (Å²) in [6, 6.07) is 1.78. The maximum Gasteiger partial charge on any atom is 0.265 e. The van der Waals surface area contributed by atoms with E-state index in [4.69, 9.17) is 4.74 Å². The summed E-state index contributed by atoms with van der Waals surface area (Å²) in [6.45, 7) is 17.6. The average molecular weight is 458 g/mol. The number of allylic oxidation sites excluding steroid dienone is 3. The van der Waals surface area contributed by atoms with Crippen LogP contribution in [0.3, 0.4) is 0 Å². The molecule has 1 amide bonds. The van der Waals surface area contributed by atoms with Gasteiger partial charge in [-0.3, -0.25) is 4.79 Å². The first-order valence-corrected chi connectivity index (χ1v) is 10.8. The Morgan fingerprint density at radius 3 is 2.32 bits per heavy atom. The second-order valence-electron chi connectivity index (χ2n) is 4.99. The Kier molecular flexibility index (Phi) is 24.0. The lowest BCUT2D eigenvalue weighted by Crippen LogP contribution is -2.41. The van der Waals surface area contributed by atoms with Crippen LogP contribution in [0.25, 0.3) is 0 Å². The van der Waals surface area contributed by atoms with Crippen LogP contribution in [0.5, 0.6) is 5.88 Å². The normalized spacial score (nSPS) is 14.5. The summed E-state index contributed by atoms with van der Waals surface area (Å²) in [6.07, 6.45) is 9.00. The maximum absolute atomic E-state index is 11.8. The van der Waals surface area contributed by atoms with Crippen LogP contribution in [-0.2, 0) is 4.79 Å². The molecule has 0 aliphatic carbocycles. The van der Waals surface area contributed by atoms with E-state index in [0.29, 0.717) is 11.6 Å². The second kappa shape index (κ2) is 21.6. The molecule has 6 heteroatoms. The highest BCUT2D eigenvalue weighted by Gasteiger charge is 2.32. The Labute approximate surface area is 181 Å². The quantitative estimate of drug-likeness (QED) is 0.515. The molecule has 0 bridgehead atoms. The van der Waals surface area contributed by atoms with Crippen LogP contribution in [0, 0.1) is 5.92 Å². The van der Waals surface area contributed by atoms with E-state index in [2.05, 4.69) is 51.5 Å². The molecule has 2 atom stereocenters. The van der Waals surface area contributed by atoms with E-state index in [1.54, 1.807) is 18.3 Å². The minimum Gasteiger partial charge on any atom is -0.462 e. The number of nitrogens with one attached hydrogen (secondary N) is 1. The first kappa shape index (κ1) is 31.0. The Morgan fingerprint density at radius 2 is 1.89 bits per heavy atom. The van der Waals surface area contributed by atoms with Crippen LogP contribution in [0.4, 0.5) is 5.69 Å². The van der Waals surface area contributed by atoms with Gasteiger partial charge in [-0.15, -0.1) is 0 Å². The predicted octanol–water partition coefficient (Wildman–Crippen LogP) is 6.36. The van der Waals surface area contributed by atoms with Gasteiger partial charge in [-0.1, -0.05) is 73.3 Å². The zero-order chi connectivity index (χ0) is 22.5. The second-order valence-corrected chi connectivity index (χ2v) is 5.91. The van der Waals surface area contributed by atoms with Crippen LogP contribution in [-0.4, -0.2) is 24.0 Å². The maximum atomic E-state index is 11.8. The van der Waals surface area contributed by atoms with Crippen LogP contribution < -0.4 is 15.8 Å². The molecule has 2 rings (SSSR count). The molecule has 0 saturated carbocycles. The molecule has 2 heterocycles. The van der Waals surface area contributed by atoms with E-state index in [9.17, 15) is 4.79 Å². The van der Waals surface area contributed by atoms with E-state index < -0.39 is 6.10 Å². The van der Waals surface area contributed by atoms with Gasteiger partial charge in [0.2, 0.25) is 5.88 Å². The van der Waals surface area contributed by atoms with Crippen LogP contribution in [0.15, 0.2) is 41.5 Å². The number of halogens is 1. The molecule has 1 aliphatic rings. The zero-order valence-electron chi connectivity index (χ0n) is 18.9. The lowest BCUT2D eigenvalue weighted by molar-refractivity contribution is -0.125. The number of aromatic nitrogens is 1. The molecule has 28 heavy (non-hydrogen) atoms. The molecule has 1 aromatic heterocycles. The number of rotatable bonds is 4. The van der Waals surface area contributed by atoms with Crippen LogP contribution in [0.1, 0.15) is 61.3 Å². The summed E-state index contributed by atoms with van der Waals surface area (Å²) in [7, 11) is 1.50. The number of amides is 1. The van der Waals surface area contributed by atoms with Crippen molar-refractivity contribution in [1.29, 1.82) is 0 Å². The van der Waals surface area contributed by atoms with Crippen LogP contribution in [0.2, 0.25) is 0 Å². The van der Waals surface area contributed by atoms with Gasteiger partial charge in [0.1, 0.15) is 5.69 Å². The van der Waals surface area contributed by atoms with Gasteiger partial charge in [0.25, 0.3) is 5.91 Å². The summed E-state index contributed by atoms with van der Waals surface area (Å²) < 4.78 is 6.42. The largest absolute Gasteiger partial charge is 0.462 e. The number of carbonyl (C=O) groups excluding carboxylic acids is 1.